The average Bonchev–Trinajstić information content (AvgIpc) is 2.08. The molecule has 9 heavy (non-hydrogen) atoms. The van der Waals surface area contributed by atoms with Crippen LogP contribution in [-0.4, -0.2) is 12.3 Å². The van der Waals surface area contributed by atoms with Crippen molar-refractivity contribution < 1.29 is 0 Å². The van der Waals surface area contributed by atoms with Gasteiger partial charge in [-0.1, -0.05) is 20.8 Å². The van der Waals surface area contributed by atoms with Crippen LogP contribution in [0.15, 0.2) is 4.99 Å². The lowest BCUT2D eigenvalue weighted by Crippen LogP contribution is -2.21. The van der Waals surface area contributed by atoms with Gasteiger partial charge in [-0.05, 0) is 24.5 Å². The standard InChI is InChI=1S/C8H15N/c1-8(2,3)7-5-4-6-9-7/h6-7H,4-5H2,1-3H3. The van der Waals surface area contributed by atoms with Gasteiger partial charge in [0.05, 0.1) is 6.04 Å². The van der Waals surface area contributed by atoms with Crippen molar-refractivity contribution in [2.45, 2.75) is 39.7 Å². The number of aliphatic imine (C=N–C) groups is 1. The molecule has 1 aliphatic heterocycles. The van der Waals surface area contributed by atoms with Gasteiger partial charge in [-0.25, -0.2) is 0 Å². The molecule has 0 N–H and O–H groups in total. The number of hydrogen-bond acceptors (Lipinski definition) is 1. The van der Waals surface area contributed by atoms with Gasteiger partial charge in [-0.3, -0.25) is 4.99 Å². The number of rotatable bonds is 0. The molecule has 0 saturated carbocycles. The van der Waals surface area contributed by atoms with Gasteiger partial charge >= 0.3 is 0 Å². The predicted molar refractivity (Wildman–Crippen MR) is 41.0 cm³/mol. The lowest BCUT2D eigenvalue weighted by atomic mass is 9.86. The van der Waals surface area contributed by atoms with Crippen molar-refractivity contribution in [3.8, 4) is 0 Å². The van der Waals surface area contributed by atoms with Crippen molar-refractivity contribution in [2.75, 3.05) is 0 Å². The first kappa shape index (κ1) is 6.79. The van der Waals surface area contributed by atoms with Crippen molar-refractivity contribution in [3.63, 3.8) is 0 Å². The lowest BCUT2D eigenvalue weighted by molar-refractivity contribution is 0.322. The van der Waals surface area contributed by atoms with E-state index in [1.54, 1.807) is 0 Å². The van der Waals surface area contributed by atoms with Crippen LogP contribution in [0.1, 0.15) is 33.6 Å². The van der Waals surface area contributed by atoms with Crippen LogP contribution in [0.2, 0.25) is 0 Å². The second kappa shape index (κ2) is 2.13. The molecule has 0 spiro atoms. The Labute approximate surface area is 57.2 Å². The quantitative estimate of drug-likeness (QED) is 0.471. The summed E-state index contributed by atoms with van der Waals surface area (Å²) in [5.41, 5.74) is 0.382. The monoisotopic (exact) mass is 125 g/mol. The summed E-state index contributed by atoms with van der Waals surface area (Å²) in [5.74, 6) is 0. The van der Waals surface area contributed by atoms with Crippen LogP contribution >= 0.6 is 0 Å². The van der Waals surface area contributed by atoms with Crippen molar-refractivity contribution in [1.82, 2.24) is 0 Å². The average molecular weight is 125 g/mol. The maximum Gasteiger partial charge on any atom is 0.0547 e. The fourth-order valence-electron chi connectivity index (χ4n) is 1.17. The molecule has 0 bridgehead atoms. The van der Waals surface area contributed by atoms with Crippen LogP contribution in [0, 0.1) is 5.41 Å². The molecule has 0 aromatic rings. The molecule has 0 fully saturated rings. The molecule has 1 nitrogen and oxygen atoms in total. The SMILES string of the molecule is CC(C)(C)C1CCC=N1. The summed E-state index contributed by atoms with van der Waals surface area (Å²) >= 11 is 0. The molecule has 1 heterocycles. The Balaban J connectivity index is 2.53. The van der Waals surface area contributed by atoms with Gasteiger partial charge in [0.1, 0.15) is 0 Å². The predicted octanol–water partition coefficient (Wildman–Crippen LogP) is 2.27. The van der Waals surface area contributed by atoms with E-state index in [4.69, 9.17) is 0 Å². The van der Waals surface area contributed by atoms with Crippen LogP contribution < -0.4 is 0 Å². The molecule has 0 radical (unpaired) electrons. The maximum absolute atomic E-state index is 4.38. The van der Waals surface area contributed by atoms with E-state index in [9.17, 15) is 0 Å². The summed E-state index contributed by atoms with van der Waals surface area (Å²) in [6.45, 7) is 6.75. The third-order valence-corrected chi connectivity index (χ3v) is 1.85. The van der Waals surface area contributed by atoms with E-state index < -0.39 is 0 Å². The Hall–Kier alpha value is -0.330. The van der Waals surface area contributed by atoms with E-state index in [0.717, 1.165) is 0 Å². The van der Waals surface area contributed by atoms with Gasteiger partial charge in [0, 0.05) is 0 Å². The zero-order valence-corrected chi connectivity index (χ0v) is 6.52. The third kappa shape index (κ3) is 1.54. The van der Waals surface area contributed by atoms with Crippen LogP contribution in [0.25, 0.3) is 0 Å². The fraction of sp³-hybridized carbons (Fsp3) is 0.875. The topological polar surface area (TPSA) is 12.4 Å². The zero-order chi connectivity index (χ0) is 6.91. The minimum Gasteiger partial charge on any atom is -0.294 e. The minimum absolute atomic E-state index is 0.382. The normalized spacial score (nSPS) is 27.2. The highest BCUT2D eigenvalue weighted by Gasteiger charge is 2.24. The van der Waals surface area contributed by atoms with Crippen LogP contribution in [0.5, 0.6) is 0 Å². The summed E-state index contributed by atoms with van der Waals surface area (Å²) in [7, 11) is 0. The molecule has 52 valence electrons. The molecule has 0 aliphatic carbocycles. The molecule has 1 aliphatic rings. The van der Waals surface area contributed by atoms with E-state index in [2.05, 4.69) is 32.0 Å². The second-order valence-electron chi connectivity index (χ2n) is 3.79. The van der Waals surface area contributed by atoms with Crippen molar-refractivity contribution >= 4 is 6.21 Å². The van der Waals surface area contributed by atoms with E-state index in [1.807, 2.05) is 0 Å². The summed E-state index contributed by atoms with van der Waals surface area (Å²) < 4.78 is 0. The summed E-state index contributed by atoms with van der Waals surface area (Å²) in [5, 5.41) is 0. The first-order chi connectivity index (χ1) is 4.11. The molecule has 1 heteroatoms. The van der Waals surface area contributed by atoms with Crippen LogP contribution in [-0.2, 0) is 0 Å². The lowest BCUT2D eigenvalue weighted by Gasteiger charge is -2.23. The smallest absolute Gasteiger partial charge is 0.0547 e. The highest BCUT2D eigenvalue weighted by Crippen LogP contribution is 2.27. The van der Waals surface area contributed by atoms with Gasteiger partial charge in [-0.15, -0.1) is 0 Å². The van der Waals surface area contributed by atoms with Crippen LogP contribution in [0.4, 0.5) is 0 Å². The molecule has 1 atom stereocenters. The van der Waals surface area contributed by atoms with Gasteiger partial charge in [-0.2, -0.15) is 0 Å². The Kier molecular flexibility index (Phi) is 1.60. The third-order valence-electron chi connectivity index (χ3n) is 1.85. The fourth-order valence-corrected chi connectivity index (χ4v) is 1.17. The first-order valence-corrected chi connectivity index (χ1v) is 3.62. The molecular formula is C8H15N. The molecule has 1 rings (SSSR count). The highest BCUT2D eigenvalue weighted by atomic mass is 14.8. The Bertz CT molecular complexity index is 119. The van der Waals surface area contributed by atoms with E-state index in [0.29, 0.717) is 11.5 Å². The Morgan fingerprint density at radius 1 is 1.44 bits per heavy atom. The van der Waals surface area contributed by atoms with Gasteiger partial charge < -0.3 is 0 Å². The minimum atomic E-state index is 0.382. The molecule has 0 aromatic carbocycles. The van der Waals surface area contributed by atoms with E-state index >= 15 is 0 Å². The number of nitrogens with zero attached hydrogens (tertiary/aromatic N) is 1. The van der Waals surface area contributed by atoms with Gasteiger partial charge in [0.2, 0.25) is 0 Å². The van der Waals surface area contributed by atoms with E-state index in [-0.39, 0.29) is 0 Å². The molecular weight excluding hydrogens is 110 g/mol. The molecule has 0 amide bonds. The zero-order valence-electron chi connectivity index (χ0n) is 6.52. The van der Waals surface area contributed by atoms with Gasteiger partial charge in [0.15, 0.2) is 0 Å². The Morgan fingerprint density at radius 3 is 2.33 bits per heavy atom. The Morgan fingerprint density at radius 2 is 2.11 bits per heavy atom. The molecule has 0 aromatic heterocycles. The largest absolute Gasteiger partial charge is 0.294 e. The highest BCUT2D eigenvalue weighted by molar-refractivity contribution is 5.59. The molecule has 0 saturated heterocycles. The first-order valence-electron chi connectivity index (χ1n) is 3.62. The van der Waals surface area contributed by atoms with Crippen molar-refractivity contribution in [3.05, 3.63) is 0 Å². The van der Waals surface area contributed by atoms with Crippen LogP contribution in [0.3, 0.4) is 0 Å². The summed E-state index contributed by atoms with van der Waals surface area (Å²) in [6, 6.07) is 0.581. The molecule has 1 unspecified atom stereocenters. The number of hydrogen-bond donors (Lipinski definition) is 0. The maximum atomic E-state index is 4.38. The van der Waals surface area contributed by atoms with E-state index in [1.165, 1.54) is 12.8 Å². The van der Waals surface area contributed by atoms with Gasteiger partial charge in [0.25, 0.3) is 0 Å². The van der Waals surface area contributed by atoms with Crippen molar-refractivity contribution in [2.24, 2.45) is 10.4 Å². The summed E-state index contributed by atoms with van der Waals surface area (Å²) in [4.78, 5) is 4.38. The van der Waals surface area contributed by atoms with Crippen molar-refractivity contribution in [1.29, 1.82) is 0 Å². The second-order valence-corrected chi connectivity index (χ2v) is 3.79. The summed E-state index contributed by atoms with van der Waals surface area (Å²) in [6.07, 6.45) is 4.49.